The lowest BCUT2D eigenvalue weighted by Gasteiger charge is -2.28. The number of ether oxygens (including phenoxy) is 1. The highest BCUT2D eigenvalue weighted by atomic mass is 16.5. The Labute approximate surface area is 125 Å². The van der Waals surface area contributed by atoms with Crippen LogP contribution in [0.15, 0.2) is 0 Å². The van der Waals surface area contributed by atoms with E-state index in [2.05, 4.69) is 10.6 Å². The fraction of sp³-hybridized carbons (Fsp3) is 0.867. The zero-order chi connectivity index (χ0) is 15.1. The van der Waals surface area contributed by atoms with Crippen molar-refractivity contribution in [2.45, 2.75) is 38.5 Å². The fourth-order valence-electron chi connectivity index (χ4n) is 3.25. The van der Waals surface area contributed by atoms with Crippen molar-refractivity contribution in [3.63, 3.8) is 0 Å². The summed E-state index contributed by atoms with van der Waals surface area (Å²) in [6.45, 7) is 2.67. The number of hydrogen-bond acceptors (Lipinski definition) is 3. The quantitative estimate of drug-likeness (QED) is 0.719. The van der Waals surface area contributed by atoms with Crippen LogP contribution in [0.25, 0.3) is 0 Å². The van der Waals surface area contributed by atoms with E-state index < -0.39 is 5.97 Å². The molecule has 2 unspecified atom stereocenters. The second-order valence-electron chi connectivity index (χ2n) is 6.14. The number of amides is 2. The molecule has 0 radical (unpaired) electrons. The molecule has 2 atom stereocenters. The minimum Gasteiger partial charge on any atom is -0.481 e. The number of carbonyl (C=O) groups excluding carboxylic acids is 1. The molecule has 21 heavy (non-hydrogen) atoms. The third-order valence-electron chi connectivity index (χ3n) is 4.64. The molecule has 2 amide bonds. The summed E-state index contributed by atoms with van der Waals surface area (Å²) in [5, 5.41) is 14.9. The average Bonchev–Trinajstić information content (AvgIpc) is 2.52. The fourth-order valence-corrected chi connectivity index (χ4v) is 3.25. The van der Waals surface area contributed by atoms with E-state index in [9.17, 15) is 14.7 Å². The van der Waals surface area contributed by atoms with Crippen LogP contribution in [-0.2, 0) is 9.53 Å². The van der Waals surface area contributed by atoms with Crippen molar-refractivity contribution >= 4 is 12.0 Å². The number of carboxylic acid groups (broad SMARTS) is 1. The molecule has 0 aromatic carbocycles. The summed E-state index contributed by atoms with van der Waals surface area (Å²) in [5.74, 6) is -0.491. The molecule has 6 heteroatoms. The Bertz CT molecular complexity index is 356. The number of carbonyl (C=O) groups is 2. The van der Waals surface area contributed by atoms with Crippen molar-refractivity contribution in [3.05, 3.63) is 0 Å². The molecule has 1 saturated carbocycles. The molecule has 0 aromatic rings. The molecule has 3 N–H and O–H groups in total. The van der Waals surface area contributed by atoms with Crippen LogP contribution in [0.3, 0.4) is 0 Å². The van der Waals surface area contributed by atoms with Gasteiger partial charge in [0, 0.05) is 26.3 Å². The maximum atomic E-state index is 11.8. The maximum absolute atomic E-state index is 11.8. The van der Waals surface area contributed by atoms with Gasteiger partial charge < -0.3 is 20.5 Å². The molecule has 1 saturated heterocycles. The summed E-state index contributed by atoms with van der Waals surface area (Å²) in [4.78, 5) is 23.0. The van der Waals surface area contributed by atoms with Gasteiger partial charge in [-0.1, -0.05) is 12.8 Å². The molecule has 120 valence electrons. The van der Waals surface area contributed by atoms with Gasteiger partial charge in [0.15, 0.2) is 0 Å². The zero-order valence-electron chi connectivity index (χ0n) is 12.5. The van der Waals surface area contributed by atoms with Gasteiger partial charge in [-0.05, 0) is 37.5 Å². The minimum absolute atomic E-state index is 0.0603. The number of hydrogen-bond donors (Lipinski definition) is 3. The Hall–Kier alpha value is -1.30. The van der Waals surface area contributed by atoms with Gasteiger partial charge in [0.25, 0.3) is 0 Å². The Kier molecular flexibility index (Phi) is 6.29. The predicted octanol–water partition coefficient (Wildman–Crippen LogP) is 1.60. The van der Waals surface area contributed by atoms with Gasteiger partial charge in [0.2, 0.25) is 0 Å². The highest BCUT2D eigenvalue weighted by molar-refractivity contribution is 5.74. The van der Waals surface area contributed by atoms with Gasteiger partial charge in [-0.25, -0.2) is 4.79 Å². The van der Waals surface area contributed by atoms with E-state index in [0.717, 1.165) is 51.7 Å². The summed E-state index contributed by atoms with van der Waals surface area (Å²) in [6, 6.07) is -0.184. The number of carboxylic acids is 1. The first-order chi connectivity index (χ1) is 10.2. The molecule has 1 aliphatic carbocycles. The summed E-state index contributed by atoms with van der Waals surface area (Å²) < 4.78 is 5.28. The zero-order valence-corrected chi connectivity index (χ0v) is 12.5. The summed E-state index contributed by atoms with van der Waals surface area (Å²) in [5.41, 5.74) is 0. The van der Waals surface area contributed by atoms with Crippen molar-refractivity contribution in [3.8, 4) is 0 Å². The van der Waals surface area contributed by atoms with E-state index in [0.29, 0.717) is 19.0 Å². The highest BCUT2D eigenvalue weighted by Gasteiger charge is 2.30. The second-order valence-corrected chi connectivity index (χ2v) is 6.14. The highest BCUT2D eigenvalue weighted by Crippen LogP contribution is 2.29. The molecule has 0 aromatic heterocycles. The summed E-state index contributed by atoms with van der Waals surface area (Å²) >= 11 is 0. The normalized spacial score (nSPS) is 27.0. The van der Waals surface area contributed by atoms with E-state index in [1.54, 1.807) is 0 Å². The number of aliphatic carboxylic acids is 1. The summed E-state index contributed by atoms with van der Waals surface area (Å²) in [7, 11) is 0. The van der Waals surface area contributed by atoms with Gasteiger partial charge in [0.1, 0.15) is 0 Å². The third-order valence-corrected chi connectivity index (χ3v) is 4.64. The second kappa shape index (κ2) is 8.22. The Balaban J connectivity index is 1.66. The lowest BCUT2D eigenvalue weighted by Crippen LogP contribution is -2.43. The first-order valence-electron chi connectivity index (χ1n) is 7.99. The van der Waals surface area contributed by atoms with E-state index in [-0.39, 0.29) is 17.9 Å². The standard InChI is InChI=1S/C15H26N2O4/c18-14(19)13-4-2-1-3-12(13)10-17-15(20)16-9-11-5-7-21-8-6-11/h11-13H,1-10H2,(H,18,19)(H2,16,17,20). The summed E-state index contributed by atoms with van der Waals surface area (Å²) in [6.07, 6.45) is 5.62. The number of nitrogens with one attached hydrogen (secondary N) is 2. The molecule has 2 rings (SSSR count). The van der Waals surface area contributed by atoms with Crippen LogP contribution in [0.1, 0.15) is 38.5 Å². The van der Waals surface area contributed by atoms with Gasteiger partial charge in [-0.3, -0.25) is 4.79 Å². The monoisotopic (exact) mass is 298 g/mol. The molecular formula is C15H26N2O4. The lowest BCUT2D eigenvalue weighted by molar-refractivity contribution is -0.144. The molecular weight excluding hydrogens is 272 g/mol. The Morgan fingerprint density at radius 1 is 1.00 bits per heavy atom. The van der Waals surface area contributed by atoms with Crippen LogP contribution >= 0.6 is 0 Å². The number of urea groups is 1. The minimum atomic E-state index is -0.732. The van der Waals surface area contributed by atoms with Gasteiger partial charge >= 0.3 is 12.0 Å². The van der Waals surface area contributed by atoms with Crippen LogP contribution in [0, 0.1) is 17.8 Å². The third kappa shape index (κ3) is 5.19. The van der Waals surface area contributed by atoms with E-state index in [1.807, 2.05) is 0 Å². The lowest BCUT2D eigenvalue weighted by atomic mass is 9.79. The van der Waals surface area contributed by atoms with Gasteiger partial charge in [0.05, 0.1) is 5.92 Å². The first kappa shape index (κ1) is 16.1. The molecule has 2 fully saturated rings. The molecule has 2 aliphatic rings. The van der Waals surface area contributed by atoms with Crippen molar-refractivity contribution in [2.24, 2.45) is 17.8 Å². The van der Waals surface area contributed by atoms with Crippen LogP contribution in [0.5, 0.6) is 0 Å². The molecule has 0 bridgehead atoms. The van der Waals surface area contributed by atoms with Crippen LogP contribution in [-0.4, -0.2) is 43.4 Å². The van der Waals surface area contributed by atoms with E-state index in [1.165, 1.54) is 0 Å². The van der Waals surface area contributed by atoms with Gasteiger partial charge in [-0.15, -0.1) is 0 Å². The first-order valence-corrected chi connectivity index (χ1v) is 7.99. The van der Waals surface area contributed by atoms with Crippen molar-refractivity contribution in [1.82, 2.24) is 10.6 Å². The molecule has 1 heterocycles. The van der Waals surface area contributed by atoms with Crippen LogP contribution < -0.4 is 10.6 Å². The van der Waals surface area contributed by atoms with Crippen molar-refractivity contribution in [1.29, 1.82) is 0 Å². The topological polar surface area (TPSA) is 87.7 Å². The van der Waals surface area contributed by atoms with E-state index in [4.69, 9.17) is 4.74 Å². The number of rotatable bonds is 5. The van der Waals surface area contributed by atoms with Crippen molar-refractivity contribution < 1.29 is 19.4 Å². The molecule has 0 spiro atoms. The van der Waals surface area contributed by atoms with E-state index >= 15 is 0 Å². The maximum Gasteiger partial charge on any atom is 0.314 e. The Morgan fingerprint density at radius 2 is 1.67 bits per heavy atom. The largest absolute Gasteiger partial charge is 0.481 e. The molecule has 6 nitrogen and oxygen atoms in total. The SMILES string of the molecule is O=C(NCC1CCOCC1)NCC1CCCCC1C(=O)O. The Morgan fingerprint density at radius 3 is 2.38 bits per heavy atom. The van der Waals surface area contributed by atoms with Crippen molar-refractivity contribution in [2.75, 3.05) is 26.3 Å². The predicted molar refractivity (Wildman–Crippen MR) is 78.0 cm³/mol. The van der Waals surface area contributed by atoms with Gasteiger partial charge in [-0.2, -0.15) is 0 Å². The average molecular weight is 298 g/mol. The molecule has 1 aliphatic heterocycles. The smallest absolute Gasteiger partial charge is 0.314 e. The van der Waals surface area contributed by atoms with Crippen LogP contribution in [0.4, 0.5) is 4.79 Å². The van der Waals surface area contributed by atoms with Crippen LogP contribution in [0.2, 0.25) is 0 Å².